The van der Waals surface area contributed by atoms with Gasteiger partial charge in [-0.1, -0.05) is 12.2 Å². The van der Waals surface area contributed by atoms with Gasteiger partial charge in [0.05, 0.1) is 0 Å². The Hall–Kier alpha value is -1.81. The minimum Gasteiger partial charge on any atom is -0.490 e. The minimum absolute atomic E-state index is 0.278. The molecule has 0 spiro atoms. The Morgan fingerprint density at radius 1 is 1.22 bits per heavy atom. The summed E-state index contributed by atoms with van der Waals surface area (Å²) in [4.78, 5) is 2.59. The Morgan fingerprint density at radius 2 is 2.04 bits per heavy atom. The third-order valence-electron chi connectivity index (χ3n) is 4.95. The predicted octanol–water partition coefficient (Wildman–Crippen LogP) is 3.47. The Labute approximate surface area is 138 Å². The number of anilines is 1. The first-order chi connectivity index (χ1) is 11.2. The van der Waals surface area contributed by atoms with E-state index in [1.165, 1.54) is 32.0 Å². The van der Waals surface area contributed by atoms with Crippen LogP contribution in [0.2, 0.25) is 0 Å². The molecule has 1 unspecified atom stereocenters. The van der Waals surface area contributed by atoms with Crippen LogP contribution in [0.4, 0.5) is 5.69 Å². The molecule has 1 aliphatic heterocycles. The van der Waals surface area contributed by atoms with Crippen LogP contribution in [0.25, 0.3) is 0 Å². The Balaban J connectivity index is 1.47. The fraction of sp³-hybridized carbons (Fsp3) is 0.526. The SMILES string of the molecule is N=Cc1cc(OC2CCN(CC3CC=CCC3)CC2)ccc1N. The van der Waals surface area contributed by atoms with Crippen LogP contribution in [0.1, 0.15) is 37.7 Å². The van der Waals surface area contributed by atoms with E-state index in [-0.39, 0.29) is 6.10 Å². The predicted molar refractivity (Wildman–Crippen MR) is 95.3 cm³/mol. The zero-order valence-electron chi connectivity index (χ0n) is 13.7. The minimum atomic E-state index is 0.278. The Kier molecular flexibility index (Phi) is 5.34. The Morgan fingerprint density at radius 3 is 2.74 bits per heavy atom. The van der Waals surface area contributed by atoms with Gasteiger partial charge in [0.1, 0.15) is 11.9 Å². The lowest BCUT2D eigenvalue weighted by molar-refractivity contribution is 0.0900. The van der Waals surface area contributed by atoms with E-state index in [9.17, 15) is 0 Å². The molecule has 1 aliphatic carbocycles. The van der Waals surface area contributed by atoms with Gasteiger partial charge in [0.2, 0.25) is 0 Å². The molecule has 1 atom stereocenters. The number of hydrogen-bond donors (Lipinski definition) is 2. The van der Waals surface area contributed by atoms with Crippen molar-refractivity contribution in [1.82, 2.24) is 4.90 Å². The first kappa shape index (κ1) is 16.1. The largest absolute Gasteiger partial charge is 0.490 e. The molecule has 4 heteroatoms. The first-order valence-corrected chi connectivity index (χ1v) is 8.68. The number of benzene rings is 1. The highest BCUT2D eigenvalue weighted by Gasteiger charge is 2.23. The van der Waals surface area contributed by atoms with Gasteiger partial charge in [-0.15, -0.1) is 0 Å². The molecule has 0 aromatic heterocycles. The van der Waals surface area contributed by atoms with Crippen LogP contribution < -0.4 is 10.5 Å². The van der Waals surface area contributed by atoms with Crippen LogP contribution in [0.15, 0.2) is 30.4 Å². The molecule has 0 amide bonds. The lowest BCUT2D eigenvalue weighted by Gasteiger charge is -2.34. The number of hydrogen-bond acceptors (Lipinski definition) is 4. The van der Waals surface area contributed by atoms with Crippen LogP contribution >= 0.6 is 0 Å². The van der Waals surface area contributed by atoms with Gasteiger partial charge in [-0.2, -0.15) is 0 Å². The number of piperidine rings is 1. The normalized spacial score (nSPS) is 22.9. The molecular formula is C19H27N3O. The second-order valence-electron chi connectivity index (χ2n) is 6.70. The van der Waals surface area contributed by atoms with Crippen molar-refractivity contribution in [3.63, 3.8) is 0 Å². The summed E-state index contributed by atoms with van der Waals surface area (Å²) in [5.74, 6) is 1.67. The summed E-state index contributed by atoms with van der Waals surface area (Å²) in [6, 6.07) is 5.59. The summed E-state index contributed by atoms with van der Waals surface area (Å²) in [5.41, 5.74) is 7.18. The second-order valence-corrected chi connectivity index (χ2v) is 6.70. The van der Waals surface area contributed by atoms with Crippen molar-refractivity contribution in [2.45, 2.75) is 38.2 Å². The number of nitrogens with zero attached hydrogens (tertiary/aromatic N) is 1. The summed E-state index contributed by atoms with van der Waals surface area (Å²) < 4.78 is 6.09. The molecule has 1 aromatic rings. The number of nitrogen functional groups attached to an aromatic ring is 1. The topological polar surface area (TPSA) is 62.3 Å². The van der Waals surface area contributed by atoms with E-state index in [1.807, 2.05) is 18.2 Å². The van der Waals surface area contributed by atoms with Gasteiger partial charge >= 0.3 is 0 Å². The molecule has 4 nitrogen and oxygen atoms in total. The highest BCUT2D eigenvalue weighted by molar-refractivity contribution is 5.85. The molecule has 23 heavy (non-hydrogen) atoms. The molecule has 3 N–H and O–H groups in total. The quantitative estimate of drug-likeness (QED) is 0.497. The Bertz CT molecular complexity index is 562. The average molecular weight is 313 g/mol. The zero-order valence-corrected chi connectivity index (χ0v) is 13.7. The smallest absolute Gasteiger partial charge is 0.120 e. The highest BCUT2D eigenvalue weighted by atomic mass is 16.5. The fourth-order valence-electron chi connectivity index (χ4n) is 3.54. The monoisotopic (exact) mass is 313 g/mol. The van der Waals surface area contributed by atoms with Crippen molar-refractivity contribution in [2.24, 2.45) is 5.92 Å². The number of nitrogens with one attached hydrogen (secondary N) is 1. The van der Waals surface area contributed by atoms with E-state index in [0.717, 1.165) is 43.2 Å². The first-order valence-electron chi connectivity index (χ1n) is 8.68. The van der Waals surface area contributed by atoms with Crippen molar-refractivity contribution in [3.8, 4) is 5.75 Å². The van der Waals surface area contributed by atoms with Gasteiger partial charge < -0.3 is 20.8 Å². The number of nitrogens with two attached hydrogens (primary N) is 1. The summed E-state index contributed by atoms with van der Waals surface area (Å²) in [6.45, 7) is 3.48. The van der Waals surface area contributed by atoms with Crippen molar-refractivity contribution in [3.05, 3.63) is 35.9 Å². The van der Waals surface area contributed by atoms with E-state index >= 15 is 0 Å². The summed E-state index contributed by atoms with van der Waals surface area (Å²) >= 11 is 0. The molecule has 1 fully saturated rings. The van der Waals surface area contributed by atoms with Gasteiger partial charge in [0, 0.05) is 37.1 Å². The van der Waals surface area contributed by atoms with E-state index in [2.05, 4.69) is 17.1 Å². The third kappa shape index (κ3) is 4.35. The van der Waals surface area contributed by atoms with E-state index in [1.54, 1.807) is 0 Å². The van der Waals surface area contributed by atoms with Crippen molar-refractivity contribution in [1.29, 1.82) is 5.41 Å². The molecule has 1 heterocycles. The molecule has 3 rings (SSSR count). The number of allylic oxidation sites excluding steroid dienone is 2. The lowest BCUT2D eigenvalue weighted by Crippen LogP contribution is -2.40. The van der Waals surface area contributed by atoms with E-state index in [0.29, 0.717) is 5.69 Å². The summed E-state index contributed by atoms with van der Waals surface area (Å²) in [5, 5.41) is 7.38. The molecule has 0 saturated carbocycles. The number of likely N-dealkylation sites (tertiary alicyclic amines) is 1. The highest BCUT2D eigenvalue weighted by Crippen LogP contribution is 2.24. The van der Waals surface area contributed by atoms with Gasteiger partial charge in [-0.05, 0) is 56.2 Å². The molecule has 0 bridgehead atoms. The number of rotatable bonds is 5. The zero-order chi connectivity index (χ0) is 16.1. The molecule has 124 valence electrons. The maximum absolute atomic E-state index is 7.38. The standard InChI is InChI=1S/C19H27N3O/c20-13-16-12-18(6-7-19(16)21)23-17-8-10-22(11-9-17)14-15-4-2-1-3-5-15/h1-2,6-7,12-13,15,17,20H,3-5,8-11,14,21H2. The molecule has 0 radical (unpaired) electrons. The van der Waals surface area contributed by atoms with Gasteiger partial charge in [-0.3, -0.25) is 0 Å². The number of ether oxygens (including phenoxy) is 1. The van der Waals surface area contributed by atoms with E-state index < -0.39 is 0 Å². The third-order valence-corrected chi connectivity index (χ3v) is 4.95. The van der Waals surface area contributed by atoms with Crippen LogP contribution in [0.5, 0.6) is 5.75 Å². The van der Waals surface area contributed by atoms with Crippen molar-refractivity contribution in [2.75, 3.05) is 25.4 Å². The molecule has 1 aromatic carbocycles. The average Bonchev–Trinajstić information content (AvgIpc) is 2.59. The van der Waals surface area contributed by atoms with Crippen LogP contribution in [0, 0.1) is 11.3 Å². The molecule has 1 saturated heterocycles. The maximum Gasteiger partial charge on any atom is 0.120 e. The van der Waals surface area contributed by atoms with Crippen molar-refractivity contribution >= 4 is 11.9 Å². The second kappa shape index (κ2) is 7.64. The molecular weight excluding hydrogens is 286 g/mol. The van der Waals surface area contributed by atoms with Crippen LogP contribution in [0.3, 0.4) is 0 Å². The maximum atomic E-state index is 7.38. The summed E-state index contributed by atoms with van der Waals surface area (Å²) in [6.07, 6.45) is 12.2. The van der Waals surface area contributed by atoms with Gasteiger partial charge in [0.25, 0.3) is 0 Å². The summed E-state index contributed by atoms with van der Waals surface area (Å²) in [7, 11) is 0. The van der Waals surface area contributed by atoms with Crippen LogP contribution in [-0.2, 0) is 0 Å². The van der Waals surface area contributed by atoms with E-state index in [4.69, 9.17) is 15.9 Å². The van der Waals surface area contributed by atoms with Gasteiger partial charge in [0.15, 0.2) is 0 Å². The molecule has 2 aliphatic rings. The van der Waals surface area contributed by atoms with Gasteiger partial charge in [-0.25, -0.2) is 0 Å². The fourth-order valence-corrected chi connectivity index (χ4v) is 3.54. The van der Waals surface area contributed by atoms with Crippen LogP contribution in [-0.4, -0.2) is 36.9 Å². The van der Waals surface area contributed by atoms with Crippen molar-refractivity contribution < 1.29 is 4.74 Å². The lowest BCUT2D eigenvalue weighted by atomic mass is 9.93.